The van der Waals surface area contributed by atoms with E-state index in [1.165, 1.54) is 5.56 Å². The van der Waals surface area contributed by atoms with Gasteiger partial charge in [0.15, 0.2) is 10.8 Å². The van der Waals surface area contributed by atoms with Crippen LogP contribution in [-0.4, -0.2) is 21.1 Å². The molecule has 3 rings (SSSR count). The van der Waals surface area contributed by atoms with Gasteiger partial charge in [-0.1, -0.05) is 17.8 Å². The minimum absolute atomic E-state index is 0.226. The molecule has 18 heavy (non-hydrogen) atoms. The van der Waals surface area contributed by atoms with Crippen LogP contribution < -0.4 is 5.73 Å². The van der Waals surface area contributed by atoms with Crippen LogP contribution in [0.5, 0.6) is 0 Å². The maximum Gasteiger partial charge on any atom is 0.196 e. The summed E-state index contributed by atoms with van der Waals surface area (Å²) < 4.78 is 1.99. The Labute approximate surface area is 113 Å². The Morgan fingerprint density at radius 2 is 2.28 bits per heavy atom. The van der Waals surface area contributed by atoms with Gasteiger partial charge in [0.25, 0.3) is 0 Å². The number of nitrogens with two attached hydrogens (primary N) is 1. The second kappa shape index (κ2) is 5.09. The molecule has 1 atom stereocenters. The van der Waals surface area contributed by atoms with Gasteiger partial charge >= 0.3 is 0 Å². The molecule has 6 heteroatoms. The summed E-state index contributed by atoms with van der Waals surface area (Å²) in [6, 6.07) is 7.98. The Balaban J connectivity index is 1.91. The fourth-order valence-electron chi connectivity index (χ4n) is 1.74. The first kappa shape index (κ1) is 11.7. The van der Waals surface area contributed by atoms with Gasteiger partial charge in [0.05, 0.1) is 5.25 Å². The first-order chi connectivity index (χ1) is 8.88. The molecule has 2 N–H and O–H groups in total. The van der Waals surface area contributed by atoms with Crippen molar-refractivity contribution in [2.45, 2.75) is 10.4 Å². The molecule has 92 valence electrons. The number of nitrogens with zero attached hydrogens (tertiary/aromatic N) is 3. The fraction of sp³-hybridized carbons (Fsp3) is 0.167. The first-order valence-corrected chi connectivity index (χ1v) is 7.39. The minimum atomic E-state index is 0.226. The molecule has 4 nitrogen and oxygen atoms in total. The summed E-state index contributed by atoms with van der Waals surface area (Å²) in [5.74, 6) is 0. The average molecular weight is 276 g/mol. The van der Waals surface area contributed by atoms with Gasteiger partial charge in [0.2, 0.25) is 0 Å². The van der Waals surface area contributed by atoms with E-state index in [9.17, 15) is 0 Å². The van der Waals surface area contributed by atoms with Crippen molar-refractivity contribution < 1.29 is 0 Å². The lowest BCUT2D eigenvalue weighted by atomic mass is 10.2. The molecule has 0 bridgehead atoms. The first-order valence-electron chi connectivity index (χ1n) is 5.57. The number of fused-ring (bicyclic) bond motifs is 1. The van der Waals surface area contributed by atoms with Crippen LogP contribution in [0, 0.1) is 0 Å². The maximum atomic E-state index is 5.85. The zero-order valence-corrected chi connectivity index (χ0v) is 11.2. The van der Waals surface area contributed by atoms with E-state index in [-0.39, 0.29) is 5.25 Å². The average Bonchev–Trinajstić information content (AvgIpc) is 3.06. The van der Waals surface area contributed by atoms with Crippen LogP contribution in [0.2, 0.25) is 0 Å². The highest BCUT2D eigenvalue weighted by Gasteiger charge is 2.15. The highest BCUT2D eigenvalue weighted by molar-refractivity contribution is 7.99. The highest BCUT2D eigenvalue weighted by atomic mass is 32.2. The van der Waals surface area contributed by atoms with Gasteiger partial charge in [0, 0.05) is 12.7 Å². The molecule has 1 unspecified atom stereocenters. The van der Waals surface area contributed by atoms with E-state index in [2.05, 4.69) is 27.0 Å². The number of hydrogen-bond acceptors (Lipinski definition) is 5. The van der Waals surface area contributed by atoms with Crippen molar-refractivity contribution in [2.75, 3.05) is 6.54 Å². The number of thiophene rings is 1. The van der Waals surface area contributed by atoms with Crippen LogP contribution >= 0.6 is 23.1 Å². The molecule has 0 aliphatic carbocycles. The highest BCUT2D eigenvalue weighted by Crippen LogP contribution is 2.34. The predicted molar refractivity (Wildman–Crippen MR) is 75.0 cm³/mol. The van der Waals surface area contributed by atoms with E-state index in [0.717, 1.165) is 10.8 Å². The molecule has 0 saturated carbocycles. The zero-order chi connectivity index (χ0) is 12.4. The molecule has 0 aromatic carbocycles. The molecular formula is C12H12N4S2. The topological polar surface area (TPSA) is 56.2 Å². The summed E-state index contributed by atoms with van der Waals surface area (Å²) in [6.07, 6.45) is 1.97. The molecule has 3 heterocycles. The van der Waals surface area contributed by atoms with E-state index in [4.69, 9.17) is 5.73 Å². The molecule has 0 amide bonds. The third-order valence-electron chi connectivity index (χ3n) is 2.66. The van der Waals surface area contributed by atoms with Crippen molar-refractivity contribution in [2.24, 2.45) is 5.73 Å². The number of aromatic nitrogens is 3. The Kier molecular flexibility index (Phi) is 3.31. The molecule has 0 aliphatic heterocycles. The van der Waals surface area contributed by atoms with Crippen LogP contribution in [-0.2, 0) is 0 Å². The van der Waals surface area contributed by atoms with E-state index >= 15 is 0 Å². The maximum absolute atomic E-state index is 5.85. The van der Waals surface area contributed by atoms with Gasteiger partial charge in [0.1, 0.15) is 0 Å². The molecule has 0 saturated heterocycles. The Morgan fingerprint density at radius 1 is 1.33 bits per heavy atom. The van der Waals surface area contributed by atoms with Crippen molar-refractivity contribution >= 4 is 28.7 Å². The second-order valence-electron chi connectivity index (χ2n) is 3.81. The molecular weight excluding hydrogens is 264 g/mol. The standard InChI is InChI=1S/C12H12N4S2/c13-7-10(9-4-6-17-8-9)18-12-15-14-11-3-1-2-5-16(11)12/h1-6,8,10H,7,13H2. The van der Waals surface area contributed by atoms with Crippen molar-refractivity contribution in [3.8, 4) is 0 Å². The third kappa shape index (κ3) is 2.14. The van der Waals surface area contributed by atoms with Crippen LogP contribution in [0.3, 0.4) is 0 Å². The molecule has 0 fully saturated rings. The second-order valence-corrected chi connectivity index (χ2v) is 5.76. The number of hydrogen-bond donors (Lipinski definition) is 1. The van der Waals surface area contributed by atoms with Crippen molar-refractivity contribution in [3.05, 3.63) is 46.8 Å². The van der Waals surface area contributed by atoms with Crippen LogP contribution in [0.4, 0.5) is 0 Å². The predicted octanol–water partition coefficient (Wildman–Crippen LogP) is 2.58. The van der Waals surface area contributed by atoms with Crippen molar-refractivity contribution in [3.63, 3.8) is 0 Å². The monoisotopic (exact) mass is 276 g/mol. The van der Waals surface area contributed by atoms with Crippen molar-refractivity contribution in [1.29, 1.82) is 0 Å². The number of thioether (sulfide) groups is 1. The Bertz CT molecular complexity index is 632. The van der Waals surface area contributed by atoms with Gasteiger partial charge in [-0.15, -0.1) is 10.2 Å². The van der Waals surface area contributed by atoms with Crippen LogP contribution in [0.1, 0.15) is 10.8 Å². The number of rotatable bonds is 4. The minimum Gasteiger partial charge on any atom is -0.329 e. The fourth-order valence-corrected chi connectivity index (χ4v) is 3.53. The lowest BCUT2D eigenvalue weighted by molar-refractivity contribution is 0.889. The summed E-state index contributed by atoms with van der Waals surface area (Å²) in [5, 5.41) is 13.7. The van der Waals surface area contributed by atoms with E-state index in [1.54, 1.807) is 23.1 Å². The molecule has 3 aromatic heterocycles. The molecule has 0 radical (unpaired) electrons. The van der Waals surface area contributed by atoms with E-state index in [1.807, 2.05) is 28.8 Å². The quantitative estimate of drug-likeness (QED) is 0.744. The summed E-state index contributed by atoms with van der Waals surface area (Å²) in [6.45, 7) is 0.586. The zero-order valence-electron chi connectivity index (χ0n) is 9.56. The van der Waals surface area contributed by atoms with Crippen LogP contribution in [0.15, 0.2) is 46.4 Å². The van der Waals surface area contributed by atoms with Gasteiger partial charge in [-0.2, -0.15) is 11.3 Å². The SMILES string of the molecule is NCC(Sc1nnc2ccccn12)c1ccsc1. The van der Waals surface area contributed by atoms with Gasteiger partial charge < -0.3 is 5.73 Å². The van der Waals surface area contributed by atoms with Gasteiger partial charge in [-0.05, 0) is 34.5 Å². The van der Waals surface area contributed by atoms with Crippen LogP contribution in [0.25, 0.3) is 5.65 Å². The van der Waals surface area contributed by atoms with Gasteiger partial charge in [-0.3, -0.25) is 4.40 Å². The molecule has 3 aromatic rings. The number of pyridine rings is 1. The van der Waals surface area contributed by atoms with Crippen molar-refractivity contribution in [1.82, 2.24) is 14.6 Å². The molecule has 0 aliphatic rings. The lowest BCUT2D eigenvalue weighted by Crippen LogP contribution is -2.09. The Hall–Kier alpha value is -1.37. The molecule has 0 spiro atoms. The van der Waals surface area contributed by atoms with Gasteiger partial charge in [-0.25, -0.2) is 0 Å². The Morgan fingerprint density at radius 3 is 3.06 bits per heavy atom. The smallest absolute Gasteiger partial charge is 0.196 e. The third-order valence-corrected chi connectivity index (χ3v) is 4.60. The normalized spacial score (nSPS) is 12.9. The van der Waals surface area contributed by atoms with E-state index < -0.39 is 0 Å². The summed E-state index contributed by atoms with van der Waals surface area (Å²) >= 11 is 3.34. The van der Waals surface area contributed by atoms with E-state index in [0.29, 0.717) is 6.54 Å². The summed E-state index contributed by atoms with van der Waals surface area (Å²) in [5.41, 5.74) is 7.96. The lowest BCUT2D eigenvalue weighted by Gasteiger charge is -2.11. The summed E-state index contributed by atoms with van der Waals surface area (Å²) in [7, 11) is 0. The summed E-state index contributed by atoms with van der Waals surface area (Å²) in [4.78, 5) is 0. The largest absolute Gasteiger partial charge is 0.329 e.